The zero-order valence-electron chi connectivity index (χ0n) is 5.76. The molecule has 0 bridgehead atoms. The summed E-state index contributed by atoms with van der Waals surface area (Å²) in [6, 6.07) is 0. The Bertz CT molecular complexity index is 170. The largest absolute Gasteiger partial charge is 0.465 e. The molecule has 0 radical (unpaired) electrons. The first-order chi connectivity index (χ1) is 4.74. The van der Waals surface area contributed by atoms with Crippen LogP contribution in [-0.4, -0.2) is 13.1 Å². The lowest BCUT2D eigenvalue weighted by atomic mass is 10.4. The fraction of sp³-hybridized carbons (Fsp3) is 0.571. The van der Waals surface area contributed by atoms with Crippen LogP contribution in [0.15, 0.2) is 9.66 Å². The molecule has 10 heavy (non-hydrogen) atoms. The second-order valence-corrected chi connectivity index (χ2v) is 3.51. The van der Waals surface area contributed by atoms with E-state index in [0.29, 0.717) is 9.50 Å². The van der Waals surface area contributed by atoms with E-state index in [2.05, 4.69) is 4.74 Å². The van der Waals surface area contributed by atoms with E-state index in [1.807, 2.05) is 28.7 Å². The second kappa shape index (κ2) is 3.37. The smallest absolute Gasteiger partial charge is 0.343 e. The molecule has 1 fully saturated rings. The average Bonchev–Trinajstić information content (AvgIpc) is 2.70. The number of halogens is 1. The summed E-state index contributed by atoms with van der Waals surface area (Å²) in [5.41, 5.74) is 0. The molecular formula is C7H9IO2. The van der Waals surface area contributed by atoms with Gasteiger partial charge in [-0.1, -0.05) is 6.08 Å². The van der Waals surface area contributed by atoms with Crippen LogP contribution in [0.2, 0.25) is 0 Å². The van der Waals surface area contributed by atoms with E-state index in [-0.39, 0.29) is 5.97 Å². The highest BCUT2D eigenvalue weighted by atomic mass is 127. The Hall–Kier alpha value is -0.0600. The molecular weight excluding hydrogens is 243 g/mol. The van der Waals surface area contributed by atoms with Crippen molar-refractivity contribution in [1.29, 1.82) is 0 Å². The number of carbonyl (C=O) groups excluding carboxylic acids is 1. The van der Waals surface area contributed by atoms with Crippen LogP contribution in [0.3, 0.4) is 0 Å². The molecule has 0 heterocycles. The summed E-state index contributed by atoms with van der Waals surface area (Å²) in [6.07, 6.45) is 4.43. The molecule has 0 aromatic carbocycles. The Morgan fingerprint density at radius 2 is 2.30 bits per heavy atom. The summed E-state index contributed by atoms with van der Waals surface area (Å²) in [6.45, 7) is 0. The van der Waals surface area contributed by atoms with Gasteiger partial charge in [0, 0.05) is 0 Å². The normalized spacial score (nSPS) is 18.8. The van der Waals surface area contributed by atoms with Crippen LogP contribution in [0, 0.1) is 5.92 Å². The lowest BCUT2D eigenvalue weighted by Crippen LogP contribution is -1.98. The van der Waals surface area contributed by atoms with Crippen molar-refractivity contribution in [2.75, 3.05) is 7.11 Å². The number of methoxy groups -OCH3 is 1. The molecule has 0 spiro atoms. The second-order valence-electron chi connectivity index (χ2n) is 2.34. The van der Waals surface area contributed by atoms with E-state index in [9.17, 15) is 4.79 Å². The van der Waals surface area contributed by atoms with E-state index < -0.39 is 0 Å². The average molecular weight is 252 g/mol. The van der Waals surface area contributed by atoms with Crippen molar-refractivity contribution < 1.29 is 9.53 Å². The molecule has 3 heteroatoms. The maximum atomic E-state index is 10.8. The third-order valence-electron chi connectivity index (χ3n) is 1.38. The molecule has 1 rings (SSSR count). The van der Waals surface area contributed by atoms with Gasteiger partial charge >= 0.3 is 5.97 Å². The van der Waals surface area contributed by atoms with Crippen molar-refractivity contribution >= 4 is 28.6 Å². The monoisotopic (exact) mass is 252 g/mol. The van der Waals surface area contributed by atoms with Gasteiger partial charge in [0.25, 0.3) is 0 Å². The van der Waals surface area contributed by atoms with Gasteiger partial charge in [0.2, 0.25) is 0 Å². The Balaban J connectivity index is 2.44. The predicted octanol–water partition coefficient (Wildman–Crippen LogP) is 1.89. The van der Waals surface area contributed by atoms with Crippen molar-refractivity contribution in [1.82, 2.24) is 0 Å². The number of hydrogen-bond acceptors (Lipinski definition) is 2. The van der Waals surface area contributed by atoms with Gasteiger partial charge in [-0.15, -0.1) is 0 Å². The first-order valence-corrected chi connectivity index (χ1v) is 4.27. The van der Waals surface area contributed by atoms with E-state index in [1.165, 1.54) is 20.0 Å². The molecule has 56 valence electrons. The van der Waals surface area contributed by atoms with Crippen LogP contribution < -0.4 is 0 Å². The number of hydrogen-bond donors (Lipinski definition) is 0. The van der Waals surface area contributed by atoms with Gasteiger partial charge in [0.15, 0.2) is 0 Å². The first-order valence-electron chi connectivity index (χ1n) is 3.19. The molecule has 0 amide bonds. The van der Waals surface area contributed by atoms with Crippen molar-refractivity contribution in [2.45, 2.75) is 12.8 Å². The van der Waals surface area contributed by atoms with Crippen molar-refractivity contribution in [3.05, 3.63) is 9.66 Å². The fourth-order valence-corrected chi connectivity index (χ4v) is 1.36. The Labute approximate surface area is 73.8 Å². The molecule has 0 aromatic rings. The predicted molar refractivity (Wildman–Crippen MR) is 46.8 cm³/mol. The topological polar surface area (TPSA) is 26.3 Å². The van der Waals surface area contributed by atoms with Crippen LogP contribution >= 0.6 is 22.6 Å². The van der Waals surface area contributed by atoms with E-state index in [4.69, 9.17) is 0 Å². The van der Waals surface area contributed by atoms with Gasteiger partial charge < -0.3 is 4.74 Å². The van der Waals surface area contributed by atoms with Gasteiger partial charge in [-0.2, -0.15) is 0 Å². The van der Waals surface area contributed by atoms with Gasteiger partial charge in [-0.3, -0.25) is 0 Å². The van der Waals surface area contributed by atoms with Crippen LogP contribution in [-0.2, 0) is 9.53 Å². The van der Waals surface area contributed by atoms with Gasteiger partial charge in [0.1, 0.15) is 0 Å². The first kappa shape index (κ1) is 8.04. The zero-order chi connectivity index (χ0) is 7.56. The molecule has 0 atom stereocenters. The maximum Gasteiger partial charge on any atom is 0.343 e. The molecule has 2 nitrogen and oxygen atoms in total. The molecule has 0 unspecified atom stereocenters. The molecule has 1 aliphatic rings. The highest BCUT2D eigenvalue weighted by Crippen LogP contribution is 2.32. The molecule has 1 aliphatic carbocycles. The van der Waals surface area contributed by atoms with E-state index in [1.54, 1.807) is 0 Å². The van der Waals surface area contributed by atoms with Crippen molar-refractivity contribution in [3.63, 3.8) is 0 Å². The highest BCUT2D eigenvalue weighted by Gasteiger charge is 2.20. The van der Waals surface area contributed by atoms with Crippen LogP contribution in [0.25, 0.3) is 0 Å². The van der Waals surface area contributed by atoms with Crippen LogP contribution in [0.5, 0.6) is 0 Å². The summed E-state index contributed by atoms with van der Waals surface area (Å²) in [5, 5.41) is 0. The summed E-state index contributed by atoms with van der Waals surface area (Å²) in [7, 11) is 1.40. The molecule has 0 N–H and O–H groups in total. The number of esters is 1. The number of allylic oxidation sites excluding steroid dienone is 1. The molecule has 0 aliphatic heterocycles. The number of ether oxygens (including phenoxy) is 1. The maximum absolute atomic E-state index is 10.8. The van der Waals surface area contributed by atoms with E-state index in [0.717, 1.165) is 0 Å². The van der Waals surface area contributed by atoms with Crippen molar-refractivity contribution in [2.24, 2.45) is 5.92 Å². The van der Waals surface area contributed by atoms with Gasteiger partial charge in [-0.05, 0) is 41.4 Å². The number of carbonyl (C=O) groups is 1. The fourth-order valence-electron chi connectivity index (χ4n) is 0.635. The Morgan fingerprint density at radius 3 is 2.70 bits per heavy atom. The lowest BCUT2D eigenvalue weighted by Gasteiger charge is -1.94. The third-order valence-corrected chi connectivity index (χ3v) is 2.18. The quantitative estimate of drug-likeness (QED) is 0.426. The minimum Gasteiger partial charge on any atom is -0.465 e. The van der Waals surface area contributed by atoms with Crippen molar-refractivity contribution in [3.8, 4) is 0 Å². The SMILES string of the molecule is COC(=O)/C(I)=C/C1CC1. The summed E-state index contributed by atoms with van der Waals surface area (Å²) in [4.78, 5) is 10.8. The lowest BCUT2D eigenvalue weighted by molar-refractivity contribution is -0.135. The van der Waals surface area contributed by atoms with E-state index >= 15 is 0 Å². The van der Waals surface area contributed by atoms with Gasteiger partial charge in [-0.25, -0.2) is 4.79 Å². The molecule has 1 saturated carbocycles. The van der Waals surface area contributed by atoms with Crippen LogP contribution in [0.1, 0.15) is 12.8 Å². The Kier molecular flexibility index (Phi) is 2.71. The molecule has 0 saturated heterocycles. The molecule has 0 aromatic heterocycles. The third kappa shape index (κ3) is 2.28. The number of rotatable bonds is 2. The summed E-state index contributed by atoms with van der Waals surface area (Å²) in [5.74, 6) is 0.429. The minimum atomic E-state index is -0.215. The summed E-state index contributed by atoms with van der Waals surface area (Å²) < 4.78 is 5.24. The standard InChI is InChI=1S/C7H9IO2/c1-10-7(9)6(8)4-5-2-3-5/h4-5H,2-3H2,1H3/b6-4-. The highest BCUT2D eigenvalue weighted by molar-refractivity contribution is 14.1. The minimum absolute atomic E-state index is 0.215. The van der Waals surface area contributed by atoms with Crippen LogP contribution in [0.4, 0.5) is 0 Å². The zero-order valence-corrected chi connectivity index (χ0v) is 7.92. The summed E-state index contributed by atoms with van der Waals surface area (Å²) >= 11 is 2.01. The Morgan fingerprint density at radius 1 is 1.70 bits per heavy atom. The van der Waals surface area contributed by atoms with Gasteiger partial charge in [0.05, 0.1) is 10.7 Å².